The molecule has 3 unspecified atom stereocenters. The lowest BCUT2D eigenvalue weighted by molar-refractivity contribution is -0.124. The number of hydrogen-bond acceptors (Lipinski definition) is 4. The number of rotatable bonds is 6. The van der Waals surface area contributed by atoms with E-state index in [9.17, 15) is 4.79 Å². The van der Waals surface area contributed by atoms with Crippen LogP contribution in [-0.4, -0.2) is 37.9 Å². The SMILES string of the molecule is NC(=O)C1(N)CCCC1CCOCC1CCOC1. The Balaban J connectivity index is 1.67. The highest BCUT2D eigenvalue weighted by Gasteiger charge is 2.43. The zero-order valence-corrected chi connectivity index (χ0v) is 10.9. The van der Waals surface area contributed by atoms with Crippen molar-refractivity contribution >= 4 is 5.91 Å². The minimum absolute atomic E-state index is 0.176. The van der Waals surface area contributed by atoms with Gasteiger partial charge >= 0.3 is 0 Å². The number of primary amides is 1. The van der Waals surface area contributed by atoms with Crippen molar-refractivity contribution in [2.45, 2.75) is 37.6 Å². The summed E-state index contributed by atoms with van der Waals surface area (Å²) in [5.74, 6) is 0.344. The maximum atomic E-state index is 11.4. The number of amides is 1. The largest absolute Gasteiger partial charge is 0.381 e. The monoisotopic (exact) mass is 256 g/mol. The van der Waals surface area contributed by atoms with Crippen LogP contribution in [0.5, 0.6) is 0 Å². The van der Waals surface area contributed by atoms with Gasteiger partial charge in [-0.05, 0) is 31.6 Å². The van der Waals surface area contributed by atoms with Crippen LogP contribution in [0.2, 0.25) is 0 Å². The molecule has 1 aliphatic heterocycles. The predicted molar refractivity (Wildman–Crippen MR) is 67.8 cm³/mol. The van der Waals surface area contributed by atoms with Crippen LogP contribution in [0.3, 0.4) is 0 Å². The summed E-state index contributed by atoms with van der Waals surface area (Å²) in [4.78, 5) is 11.4. The third kappa shape index (κ3) is 3.02. The molecule has 0 bridgehead atoms. The van der Waals surface area contributed by atoms with E-state index >= 15 is 0 Å². The van der Waals surface area contributed by atoms with Crippen molar-refractivity contribution in [3.05, 3.63) is 0 Å². The normalized spacial score (nSPS) is 36.1. The first-order chi connectivity index (χ1) is 8.63. The third-order valence-corrected chi connectivity index (χ3v) is 4.32. The van der Waals surface area contributed by atoms with Gasteiger partial charge in [-0.15, -0.1) is 0 Å². The van der Waals surface area contributed by atoms with Crippen LogP contribution in [0.1, 0.15) is 32.1 Å². The molecule has 0 aromatic carbocycles. The summed E-state index contributed by atoms with van der Waals surface area (Å²) in [6.07, 6.45) is 4.60. The van der Waals surface area contributed by atoms with Crippen molar-refractivity contribution in [2.75, 3.05) is 26.4 Å². The van der Waals surface area contributed by atoms with Crippen LogP contribution in [0.15, 0.2) is 0 Å². The fourth-order valence-corrected chi connectivity index (χ4v) is 3.02. The summed E-state index contributed by atoms with van der Waals surface area (Å²) < 4.78 is 11.0. The molecule has 2 aliphatic rings. The van der Waals surface area contributed by atoms with E-state index in [0.717, 1.165) is 45.5 Å². The fraction of sp³-hybridized carbons (Fsp3) is 0.923. The molecule has 0 aromatic heterocycles. The Morgan fingerprint density at radius 3 is 2.94 bits per heavy atom. The van der Waals surface area contributed by atoms with Crippen LogP contribution in [-0.2, 0) is 14.3 Å². The molecule has 5 heteroatoms. The highest BCUT2D eigenvalue weighted by Crippen LogP contribution is 2.35. The van der Waals surface area contributed by atoms with Crippen LogP contribution < -0.4 is 11.5 Å². The molecule has 1 saturated carbocycles. The fourth-order valence-electron chi connectivity index (χ4n) is 3.02. The zero-order chi connectivity index (χ0) is 13.0. The van der Waals surface area contributed by atoms with Crippen molar-refractivity contribution in [3.8, 4) is 0 Å². The molecule has 4 N–H and O–H groups in total. The van der Waals surface area contributed by atoms with Gasteiger partial charge in [0, 0.05) is 19.1 Å². The predicted octanol–water partition coefficient (Wildman–Crippen LogP) is 0.412. The van der Waals surface area contributed by atoms with E-state index < -0.39 is 5.54 Å². The minimum atomic E-state index is -0.806. The lowest BCUT2D eigenvalue weighted by Crippen LogP contribution is -2.54. The van der Waals surface area contributed by atoms with Gasteiger partial charge < -0.3 is 20.9 Å². The summed E-state index contributed by atoms with van der Waals surface area (Å²) in [6.45, 7) is 3.07. The first-order valence-corrected chi connectivity index (χ1v) is 6.87. The molecular weight excluding hydrogens is 232 g/mol. The second-order valence-corrected chi connectivity index (χ2v) is 5.59. The molecule has 0 aromatic rings. The van der Waals surface area contributed by atoms with E-state index in [0.29, 0.717) is 18.9 Å². The van der Waals surface area contributed by atoms with Gasteiger partial charge in [-0.25, -0.2) is 0 Å². The Kier molecular flexibility index (Phi) is 4.59. The van der Waals surface area contributed by atoms with E-state index in [-0.39, 0.29) is 11.8 Å². The summed E-state index contributed by atoms with van der Waals surface area (Å²) >= 11 is 0. The van der Waals surface area contributed by atoms with Gasteiger partial charge in [-0.1, -0.05) is 6.42 Å². The second kappa shape index (κ2) is 5.99. The maximum absolute atomic E-state index is 11.4. The lowest BCUT2D eigenvalue weighted by Gasteiger charge is -2.28. The summed E-state index contributed by atoms with van der Waals surface area (Å²) in [7, 11) is 0. The van der Waals surface area contributed by atoms with Gasteiger partial charge in [-0.2, -0.15) is 0 Å². The maximum Gasteiger partial charge on any atom is 0.237 e. The second-order valence-electron chi connectivity index (χ2n) is 5.59. The Hall–Kier alpha value is -0.650. The quantitative estimate of drug-likeness (QED) is 0.674. The highest BCUT2D eigenvalue weighted by molar-refractivity contribution is 5.85. The third-order valence-electron chi connectivity index (χ3n) is 4.32. The first-order valence-electron chi connectivity index (χ1n) is 6.87. The molecule has 2 rings (SSSR count). The van der Waals surface area contributed by atoms with Crippen LogP contribution >= 0.6 is 0 Å². The van der Waals surface area contributed by atoms with Crippen molar-refractivity contribution < 1.29 is 14.3 Å². The molecule has 1 aliphatic carbocycles. The average molecular weight is 256 g/mol. The first kappa shape index (κ1) is 13.8. The Morgan fingerprint density at radius 1 is 1.44 bits per heavy atom. The standard InChI is InChI=1S/C13H24N2O3/c14-12(16)13(15)5-1-2-11(13)4-7-18-9-10-3-6-17-8-10/h10-11H,1-9,15H2,(H2,14,16). The topological polar surface area (TPSA) is 87.6 Å². The van der Waals surface area contributed by atoms with E-state index in [1.54, 1.807) is 0 Å². The highest BCUT2D eigenvalue weighted by atomic mass is 16.5. The van der Waals surface area contributed by atoms with Gasteiger partial charge in [0.15, 0.2) is 0 Å². The lowest BCUT2D eigenvalue weighted by atomic mass is 9.85. The van der Waals surface area contributed by atoms with Crippen molar-refractivity contribution in [1.82, 2.24) is 0 Å². The van der Waals surface area contributed by atoms with E-state index in [2.05, 4.69) is 0 Å². The van der Waals surface area contributed by atoms with Gasteiger partial charge in [0.1, 0.15) is 0 Å². The van der Waals surface area contributed by atoms with Crippen molar-refractivity contribution in [3.63, 3.8) is 0 Å². The molecule has 18 heavy (non-hydrogen) atoms. The number of carbonyl (C=O) groups is 1. The van der Waals surface area contributed by atoms with Crippen molar-refractivity contribution in [2.24, 2.45) is 23.3 Å². The Labute approximate surface area is 108 Å². The zero-order valence-electron chi connectivity index (χ0n) is 10.9. The molecule has 1 heterocycles. The molecular formula is C13H24N2O3. The molecule has 0 spiro atoms. The van der Waals surface area contributed by atoms with E-state index in [1.165, 1.54) is 0 Å². The number of hydrogen-bond donors (Lipinski definition) is 2. The smallest absolute Gasteiger partial charge is 0.237 e. The van der Waals surface area contributed by atoms with E-state index in [1.807, 2.05) is 0 Å². The van der Waals surface area contributed by atoms with Crippen LogP contribution in [0.25, 0.3) is 0 Å². The summed E-state index contributed by atoms with van der Waals surface area (Å²) in [5.41, 5.74) is 10.7. The van der Waals surface area contributed by atoms with Gasteiger partial charge in [0.25, 0.3) is 0 Å². The summed E-state index contributed by atoms with van der Waals surface area (Å²) in [5, 5.41) is 0. The van der Waals surface area contributed by atoms with Gasteiger partial charge in [-0.3, -0.25) is 4.79 Å². The molecule has 2 fully saturated rings. The number of nitrogens with two attached hydrogens (primary N) is 2. The van der Waals surface area contributed by atoms with Gasteiger partial charge in [0.05, 0.1) is 18.8 Å². The Morgan fingerprint density at radius 2 is 2.28 bits per heavy atom. The van der Waals surface area contributed by atoms with Crippen LogP contribution in [0, 0.1) is 11.8 Å². The van der Waals surface area contributed by atoms with Crippen LogP contribution in [0.4, 0.5) is 0 Å². The number of ether oxygens (including phenoxy) is 2. The molecule has 0 radical (unpaired) electrons. The van der Waals surface area contributed by atoms with E-state index in [4.69, 9.17) is 20.9 Å². The minimum Gasteiger partial charge on any atom is -0.381 e. The molecule has 1 saturated heterocycles. The number of carbonyl (C=O) groups excluding carboxylic acids is 1. The molecule has 1 amide bonds. The molecule has 3 atom stereocenters. The molecule has 104 valence electrons. The van der Waals surface area contributed by atoms with Gasteiger partial charge in [0.2, 0.25) is 5.91 Å². The Bertz CT molecular complexity index is 292. The van der Waals surface area contributed by atoms with Crippen molar-refractivity contribution in [1.29, 1.82) is 0 Å². The average Bonchev–Trinajstić information content (AvgIpc) is 2.95. The summed E-state index contributed by atoms with van der Waals surface area (Å²) in [6, 6.07) is 0. The molecule has 5 nitrogen and oxygen atoms in total.